The van der Waals surface area contributed by atoms with Gasteiger partial charge in [-0.3, -0.25) is 14.3 Å². The summed E-state index contributed by atoms with van der Waals surface area (Å²) in [6.07, 6.45) is 3.85. The minimum absolute atomic E-state index is 0.0700. The summed E-state index contributed by atoms with van der Waals surface area (Å²) in [6.45, 7) is 0.0700. The first kappa shape index (κ1) is 18.7. The summed E-state index contributed by atoms with van der Waals surface area (Å²) in [6, 6.07) is 6.88. The minimum Gasteiger partial charge on any atom is -0.388 e. The number of aliphatic hydroxyl groups excluding tert-OH is 1. The maximum atomic E-state index is 12.7. The van der Waals surface area contributed by atoms with Crippen molar-refractivity contribution in [3.05, 3.63) is 80.1 Å². The summed E-state index contributed by atoms with van der Waals surface area (Å²) >= 11 is 9.18. The molecule has 0 aliphatic heterocycles. The lowest BCUT2D eigenvalue weighted by atomic mass is 10.1. The molecule has 0 saturated carbocycles. The van der Waals surface area contributed by atoms with Crippen molar-refractivity contribution in [2.24, 2.45) is 0 Å². The first-order chi connectivity index (χ1) is 13.5. The average molecular weight is 463 g/mol. The highest BCUT2D eigenvalue weighted by Gasteiger charge is 2.15. The number of nitrogens with zero attached hydrogens (tertiary/aromatic N) is 5. The second-order valence-electron chi connectivity index (χ2n) is 6.07. The van der Waals surface area contributed by atoms with Gasteiger partial charge >= 0.3 is 0 Å². The number of hydrogen-bond acceptors (Lipinski definition) is 7. The number of halogens is 2. The van der Waals surface area contributed by atoms with Crippen molar-refractivity contribution in [1.82, 2.24) is 24.7 Å². The van der Waals surface area contributed by atoms with E-state index in [1.165, 1.54) is 17.1 Å². The van der Waals surface area contributed by atoms with Gasteiger partial charge in [0.05, 0.1) is 34.0 Å². The Kier molecular flexibility index (Phi) is 5.21. The van der Waals surface area contributed by atoms with E-state index >= 15 is 0 Å². The molecule has 1 N–H and O–H groups in total. The van der Waals surface area contributed by atoms with Crippen LogP contribution in [0.2, 0.25) is 5.02 Å². The molecule has 0 amide bonds. The summed E-state index contributed by atoms with van der Waals surface area (Å²) in [5.41, 5.74) is 0.942. The standard InChI is InChI=1S/C18H13BrClN5O3/c19-12-6-21-7-13-17(12)18(27)25(9-22-13)8-16-23-15(24-28-16)5-14(26)10-1-3-11(20)4-2-10/h1-4,6-7,9,14,26H,5,8H2. The molecule has 1 unspecified atom stereocenters. The lowest BCUT2D eigenvalue weighted by Crippen LogP contribution is -2.21. The van der Waals surface area contributed by atoms with E-state index in [-0.39, 0.29) is 24.4 Å². The van der Waals surface area contributed by atoms with Gasteiger partial charge in [-0.05, 0) is 33.6 Å². The molecule has 1 aromatic carbocycles. The van der Waals surface area contributed by atoms with Crippen LogP contribution in [0.1, 0.15) is 23.4 Å². The topological polar surface area (TPSA) is 107 Å². The molecular weight excluding hydrogens is 450 g/mol. The Morgan fingerprint density at radius 2 is 2.04 bits per heavy atom. The van der Waals surface area contributed by atoms with Crippen LogP contribution in [-0.4, -0.2) is 29.8 Å². The number of fused-ring (bicyclic) bond motifs is 1. The van der Waals surface area contributed by atoms with Gasteiger partial charge < -0.3 is 9.63 Å². The van der Waals surface area contributed by atoms with E-state index < -0.39 is 6.10 Å². The molecule has 4 aromatic rings. The summed E-state index contributed by atoms with van der Waals surface area (Å²) in [5.74, 6) is 0.580. The molecule has 0 saturated heterocycles. The zero-order valence-electron chi connectivity index (χ0n) is 14.3. The molecule has 0 bridgehead atoms. The van der Waals surface area contributed by atoms with Gasteiger partial charge in [-0.25, -0.2) is 4.98 Å². The van der Waals surface area contributed by atoms with Crippen LogP contribution in [0.3, 0.4) is 0 Å². The predicted octanol–water partition coefficient (Wildman–Crippen LogP) is 2.91. The molecule has 3 heterocycles. The summed E-state index contributed by atoms with van der Waals surface area (Å²) in [7, 11) is 0. The third-order valence-corrected chi connectivity index (χ3v) is 4.99. The second kappa shape index (κ2) is 7.78. The van der Waals surface area contributed by atoms with E-state index in [9.17, 15) is 9.90 Å². The molecule has 10 heteroatoms. The van der Waals surface area contributed by atoms with Crippen molar-refractivity contribution in [2.75, 3.05) is 0 Å². The van der Waals surface area contributed by atoms with E-state index in [1.807, 2.05) is 0 Å². The molecular formula is C18H13BrClN5O3. The summed E-state index contributed by atoms with van der Waals surface area (Å²) in [4.78, 5) is 25.2. The monoisotopic (exact) mass is 461 g/mol. The van der Waals surface area contributed by atoms with E-state index in [2.05, 4.69) is 36.0 Å². The van der Waals surface area contributed by atoms with E-state index in [0.29, 0.717) is 31.8 Å². The van der Waals surface area contributed by atoms with Crippen LogP contribution >= 0.6 is 27.5 Å². The maximum Gasteiger partial charge on any atom is 0.262 e. The Bertz CT molecular complexity index is 1190. The smallest absolute Gasteiger partial charge is 0.262 e. The number of benzene rings is 1. The van der Waals surface area contributed by atoms with Crippen LogP contribution < -0.4 is 5.56 Å². The maximum absolute atomic E-state index is 12.7. The van der Waals surface area contributed by atoms with Crippen LogP contribution in [0.4, 0.5) is 0 Å². The van der Waals surface area contributed by atoms with Crippen LogP contribution in [-0.2, 0) is 13.0 Å². The Morgan fingerprint density at radius 1 is 1.25 bits per heavy atom. The van der Waals surface area contributed by atoms with Gasteiger partial charge in [-0.1, -0.05) is 28.9 Å². The van der Waals surface area contributed by atoms with Gasteiger partial charge in [0.25, 0.3) is 5.56 Å². The van der Waals surface area contributed by atoms with Crippen molar-refractivity contribution in [3.8, 4) is 0 Å². The van der Waals surface area contributed by atoms with Gasteiger partial charge in [-0.15, -0.1) is 0 Å². The largest absolute Gasteiger partial charge is 0.388 e. The fourth-order valence-electron chi connectivity index (χ4n) is 2.73. The number of rotatable bonds is 5. The molecule has 8 nitrogen and oxygen atoms in total. The zero-order valence-corrected chi connectivity index (χ0v) is 16.6. The zero-order chi connectivity index (χ0) is 19.7. The van der Waals surface area contributed by atoms with Gasteiger partial charge in [0.2, 0.25) is 5.89 Å². The minimum atomic E-state index is -0.795. The lowest BCUT2D eigenvalue weighted by Gasteiger charge is -2.08. The molecule has 142 valence electrons. The molecule has 4 rings (SSSR count). The highest BCUT2D eigenvalue weighted by atomic mass is 79.9. The third-order valence-electron chi connectivity index (χ3n) is 4.14. The highest BCUT2D eigenvalue weighted by Crippen LogP contribution is 2.20. The number of hydrogen-bond donors (Lipinski definition) is 1. The van der Waals surface area contributed by atoms with Crippen LogP contribution in [0.15, 0.2) is 56.8 Å². The summed E-state index contributed by atoms with van der Waals surface area (Å²) < 4.78 is 7.16. The quantitative estimate of drug-likeness (QED) is 0.486. The van der Waals surface area contributed by atoms with Gasteiger partial charge in [0, 0.05) is 17.6 Å². The molecule has 0 radical (unpaired) electrons. The molecule has 0 spiro atoms. The normalized spacial score (nSPS) is 12.4. The lowest BCUT2D eigenvalue weighted by molar-refractivity contribution is 0.174. The first-order valence-corrected chi connectivity index (χ1v) is 9.42. The highest BCUT2D eigenvalue weighted by molar-refractivity contribution is 9.10. The molecule has 1 atom stereocenters. The van der Waals surface area contributed by atoms with Crippen molar-refractivity contribution in [3.63, 3.8) is 0 Å². The number of aliphatic hydroxyl groups is 1. The average Bonchev–Trinajstić information content (AvgIpc) is 3.11. The molecule has 0 aliphatic carbocycles. The fraction of sp³-hybridized carbons (Fsp3) is 0.167. The number of pyridine rings is 1. The Morgan fingerprint density at radius 3 is 2.82 bits per heavy atom. The van der Waals surface area contributed by atoms with Gasteiger partial charge in [0.15, 0.2) is 5.82 Å². The Balaban J connectivity index is 1.53. The van der Waals surface area contributed by atoms with Crippen molar-refractivity contribution in [1.29, 1.82) is 0 Å². The molecule has 0 fully saturated rings. The van der Waals surface area contributed by atoms with Crippen molar-refractivity contribution >= 4 is 38.4 Å². The van der Waals surface area contributed by atoms with Crippen LogP contribution in [0.5, 0.6) is 0 Å². The molecule has 28 heavy (non-hydrogen) atoms. The summed E-state index contributed by atoms with van der Waals surface area (Å²) in [5, 5.41) is 15.2. The van der Waals surface area contributed by atoms with Gasteiger partial charge in [-0.2, -0.15) is 4.98 Å². The fourth-order valence-corrected chi connectivity index (χ4v) is 3.35. The third kappa shape index (κ3) is 3.82. The predicted molar refractivity (Wildman–Crippen MR) is 105 cm³/mol. The van der Waals surface area contributed by atoms with E-state index in [1.54, 1.807) is 30.5 Å². The van der Waals surface area contributed by atoms with E-state index in [4.69, 9.17) is 16.1 Å². The van der Waals surface area contributed by atoms with Crippen molar-refractivity contribution in [2.45, 2.75) is 19.1 Å². The Labute approximate surface area is 172 Å². The molecule has 0 aliphatic rings. The van der Waals surface area contributed by atoms with E-state index in [0.717, 1.165) is 0 Å². The molecule has 3 aromatic heterocycles. The van der Waals surface area contributed by atoms with Gasteiger partial charge in [0.1, 0.15) is 6.54 Å². The SMILES string of the molecule is O=c1c2c(Br)cncc2ncn1Cc1nc(CC(O)c2ccc(Cl)cc2)no1. The van der Waals surface area contributed by atoms with Crippen LogP contribution in [0, 0.1) is 0 Å². The first-order valence-electron chi connectivity index (χ1n) is 8.25. The Hall–Kier alpha value is -2.62. The second-order valence-corrected chi connectivity index (χ2v) is 7.36. The number of aromatic nitrogens is 5. The van der Waals surface area contributed by atoms with Crippen LogP contribution in [0.25, 0.3) is 10.9 Å². The van der Waals surface area contributed by atoms with Crippen molar-refractivity contribution < 1.29 is 9.63 Å².